The third-order valence-electron chi connectivity index (χ3n) is 4.34. The molecule has 1 saturated heterocycles. The first-order valence-corrected chi connectivity index (χ1v) is 9.19. The highest BCUT2D eigenvalue weighted by molar-refractivity contribution is 5.67. The highest BCUT2D eigenvalue weighted by Gasteiger charge is 2.28. The zero-order valence-corrected chi connectivity index (χ0v) is 15.8. The number of allylic oxidation sites excluding steroid dienone is 3. The van der Waals surface area contributed by atoms with Gasteiger partial charge in [-0.15, -0.1) is 0 Å². The number of alkyl halides is 1. The summed E-state index contributed by atoms with van der Waals surface area (Å²) in [5.74, 6) is 0.879. The Kier molecular flexibility index (Phi) is 6.73. The minimum absolute atomic E-state index is 0.369. The Bertz CT molecular complexity index is 517. The van der Waals surface area contributed by atoms with Crippen LogP contribution in [0.25, 0.3) is 0 Å². The number of alkyl carbamates (subject to hydrolysis) is 1. The predicted octanol–water partition coefficient (Wildman–Crippen LogP) is 3.77. The second-order valence-corrected chi connectivity index (χ2v) is 7.60. The molecule has 1 heterocycles. The molecule has 1 amide bonds. The average molecular weight is 354 g/mol. The number of nitrogens with one attached hydrogen (secondary N) is 1. The third-order valence-corrected chi connectivity index (χ3v) is 4.34. The van der Waals surface area contributed by atoms with Crippen LogP contribution in [-0.4, -0.2) is 49.0 Å². The number of halogens is 1. The molecule has 1 aliphatic heterocycles. The van der Waals surface area contributed by atoms with Crippen LogP contribution in [0.3, 0.4) is 0 Å². The summed E-state index contributed by atoms with van der Waals surface area (Å²) >= 11 is 0. The number of hydrogen-bond acceptors (Lipinski definition) is 4. The summed E-state index contributed by atoms with van der Waals surface area (Å²) in [6.07, 6.45) is 4.71. The molecule has 0 aromatic carbocycles. The van der Waals surface area contributed by atoms with E-state index < -0.39 is 11.8 Å². The number of hydrogen-bond donors (Lipinski definition) is 1. The molecule has 1 fully saturated rings. The van der Waals surface area contributed by atoms with E-state index in [9.17, 15) is 9.18 Å². The van der Waals surface area contributed by atoms with E-state index in [-0.39, 0.29) is 6.09 Å². The van der Waals surface area contributed by atoms with Crippen LogP contribution in [0.1, 0.15) is 47.0 Å². The van der Waals surface area contributed by atoms with Crippen LogP contribution in [0.5, 0.6) is 0 Å². The van der Waals surface area contributed by atoms with E-state index in [1.807, 2.05) is 39.8 Å². The van der Waals surface area contributed by atoms with E-state index in [0.717, 1.165) is 31.6 Å². The molecule has 1 atom stereocenters. The smallest absolute Gasteiger partial charge is 0.407 e. The van der Waals surface area contributed by atoms with Crippen molar-refractivity contribution >= 4 is 6.09 Å². The van der Waals surface area contributed by atoms with Crippen LogP contribution in [-0.2, 0) is 9.47 Å². The molecule has 0 radical (unpaired) electrons. The predicted molar refractivity (Wildman–Crippen MR) is 95.8 cm³/mol. The van der Waals surface area contributed by atoms with Crippen molar-refractivity contribution in [3.63, 3.8) is 0 Å². The standard InChI is InChI=1S/C19H31FN2O3/c1-5-24-17-15(20)7-6-8-16(17)22-11-9-14(10-12-22)13-21-18(23)25-19(2,3)4/h6,8,14-15H,5,7,9-13H2,1-4H3,(H,21,23). The number of carbonyl (C=O) groups excluding carboxylic acids is 1. The van der Waals surface area contributed by atoms with E-state index in [2.05, 4.69) is 10.2 Å². The van der Waals surface area contributed by atoms with Crippen LogP contribution in [0, 0.1) is 5.92 Å². The first kappa shape index (κ1) is 19.6. The van der Waals surface area contributed by atoms with Crippen molar-refractivity contribution in [2.45, 2.75) is 58.7 Å². The van der Waals surface area contributed by atoms with E-state index in [4.69, 9.17) is 9.47 Å². The normalized spacial score (nSPS) is 22.1. The first-order valence-electron chi connectivity index (χ1n) is 9.19. The molecule has 2 aliphatic rings. The van der Waals surface area contributed by atoms with Gasteiger partial charge in [-0.3, -0.25) is 0 Å². The van der Waals surface area contributed by atoms with E-state index in [1.54, 1.807) is 0 Å². The molecule has 0 aromatic heterocycles. The minimum Gasteiger partial charge on any atom is -0.493 e. The number of likely N-dealkylation sites (tertiary alicyclic amines) is 1. The Balaban J connectivity index is 1.84. The Labute approximate surface area is 150 Å². The summed E-state index contributed by atoms with van der Waals surface area (Å²) in [5.41, 5.74) is 0.394. The lowest BCUT2D eigenvalue weighted by Crippen LogP contribution is -2.40. The molecule has 2 rings (SSSR count). The van der Waals surface area contributed by atoms with Crippen molar-refractivity contribution in [3.05, 3.63) is 23.6 Å². The first-order chi connectivity index (χ1) is 11.8. The minimum atomic E-state index is -1.05. The summed E-state index contributed by atoms with van der Waals surface area (Å²) < 4.78 is 25.0. The molecule has 0 spiro atoms. The SMILES string of the molecule is CCOC1=C(N2CCC(CNC(=O)OC(C)(C)C)CC2)C=CCC1F. The molecule has 142 valence electrons. The highest BCUT2D eigenvalue weighted by atomic mass is 19.1. The van der Waals surface area contributed by atoms with Crippen molar-refractivity contribution in [2.24, 2.45) is 5.92 Å². The van der Waals surface area contributed by atoms with Gasteiger partial charge in [0.25, 0.3) is 0 Å². The largest absolute Gasteiger partial charge is 0.493 e. The van der Waals surface area contributed by atoms with E-state index in [0.29, 0.717) is 31.2 Å². The van der Waals surface area contributed by atoms with Gasteiger partial charge in [0.2, 0.25) is 0 Å². The molecule has 1 aliphatic carbocycles. The van der Waals surface area contributed by atoms with Gasteiger partial charge < -0.3 is 19.7 Å². The van der Waals surface area contributed by atoms with Gasteiger partial charge in [-0.2, -0.15) is 0 Å². The molecule has 1 N–H and O–H groups in total. The Morgan fingerprint density at radius 2 is 2.04 bits per heavy atom. The second-order valence-electron chi connectivity index (χ2n) is 7.60. The fraction of sp³-hybridized carbons (Fsp3) is 0.737. The van der Waals surface area contributed by atoms with Crippen molar-refractivity contribution < 1.29 is 18.7 Å². The Morgan fingerprint density at radius 1 is 1.36 bits per heavy atom. The van der Waals surface area contributed by atoms with Gasteiger partial charge >= 0.3 is 6.09 Å². The summed E-state index contributed by atoms with van der Waals surface area (Å²) in [6.45, 7) is 10.2. The quantitative estimate of drug-likeness (QED) is 0.816. The molecule has 1 unspecified atom stereocenters. The molecular formula is C19H31FN2O3. The molecule has 0 aromatic rings. The monoisotopic (exact) mass is 354 g/mol. The number of rotatable bonds is 5. The van der Waals surface area contributed by atoms with Crippen molar-refractivity contribution in [1.29, 1.82) is 0 Å². The summed E-state index contributed by atoms with van der Waals surface area (Å²) in [6, 6.07) is 0. The van der Waals surface area contributed by atoms with Gasteiger partial charge in [0.05, 0.1) is 12.3 Å². The topological polar surface area (TPSA) is 50.8 Å². The van der Waals surface area contributed by atoms with E-state index in [1.165, 1.54) is 0 Å². The third kappa shape index (κ3) is 5.94. The molecule has 6 heteroatoms. The van der Waals surface area contributed by atoms with Gasteiger partial charge in [-0.25, -0.2) is 9.18 Å². The number of piperidine rings is 1. The molecule has 0 saturated carbocycles. The molecule has 0 bridgehead atoms. The van der Waals surface area contributed by atoms with Gasteiger partial charge in [-0.1, -0.05) is 6.08 Å². The van der Waals surface area contributed by atoms with E-state index >= 15 is 0 Å². The van der Waals surface area contributed by atoms with Crippen molar-refractivity contribution in [3.8, 4) is 0 Å². The van der Waals surface area contributed by atoms with Crippen LogP contribution in [0.4, 0.5) is 9.18 Å². The maximum absolute atomic E-state index is 14.1. The van der Waals surface area contributed by atoms with Crippen molar-refractivity contribution in [2.75, 3.05) is 26.2 Å². The van der Waals surface area contributed by atoms with Gasteiger partial charge in [0.15, 0.2) is 11.9 Å². The van der Waals surface area contributed by atoms with Crippen LogP contribution in [0.2, 0.25) is 0 Å². The molecular weight excluding hydrogens is 323 g/mol. The summed E-state index contributed by atoms with van der Waals surface area (Å²) in [4.78, 5) is 13.9. The van der Waals surface area contributed by atoms with Crippen LogP contribution >= 0.6 is 0 Å². The van der Waals surface area contributed by atoms with Gasteiger partial charge in [0.1, 0.15) is 5.60 Å². The summed E-state index contributed by atoms with van der Waals surface area (Å²) in [7, 11) is 0. The molecule has 25 heavy (non-hydrogen) atoms. The summed E-state index contributed by atoms with van der Waals surface area (Å²) in [5, 5.41) is 2.85. The zero-order valence-electron chi connectivity index (χ0n) is 15.8. The highest BCUT2D eigenvalue weighted by Crippen LogP contribution is 2.29. The van der Waals surface area contributed by atoms with Crippen LogP contribution < -0.4 is 5.32 Å². The second kappa shape index (κ2) is 8.59. The molecule has 5 nitrogen and oxygen atoms in total. The zero-order chi connectivity index (χ0) is 18.4. The average Bonchev–Trinajstić information content (AvgIpc) is 2.54. The fourth-order valence-electron chi connectivity index (χ4n) is 3.15. The lowest BCUT2D eigenvalue weighted by Gasteiger charge is -2.36. The maximum atomic E-state index is 14.1. The lowest BCUT2D eigenvalue weighted by atomic mass is 9.95. The Hall–Kier alpha value is -1.72. The number of carbonyl (C=O) groups is 1. The number of ether oxygens (including phenoxy) is 2. The van der Waals surface area contributed by atoms with Gasteiger partial charge in [-0.05, 0) is 52.5 Å². The Morgan fingerprint density at radius 3 is 2.64 bits per heavy atom. The number of nitrogens with zero attached hydrogens (tertiary/aromatic N) is 1. The lowest BCUT2D eigenvalue weighted by molar-refractivity contribution is 0.0511. The maximum Gasteiger partial charge on any atom is 0.407 e. The van der Waals surface area contributed by atoms with Gasteiger partial charge in [0, 0.05) is 26.1 Å². The van der Waals surface area contributed by atoms with Crippen molar-refractivity contribution in [1.82, 2.24) is 10.2 Å². The van der Waals surface area contributed by atoms with Crippen LogP contribution in [0.15, 0.2) is 23.6 Å². The fourth-order valence-corrected chi connectivity index (χ4v) is 3.15. The number of amides is 1.